The number of carbonyl (C=O) groups is 1. The third kappa shape index (κ3) is 3.70. The number of fused-ring (bicyclic) bond motifs is 1. The van der Waals surface area contributed by atoms with Gasteiger partial charge in [0, 0.05) is 29.9 Å². The fourth-order valence-corrected chi connectivity index (χ4v) is 4.01. The molecular formula is C21H27BrN6O. The zero-order chi connectivity index (χ0) is 20.9. The molecule has 1 aliphatic carbocycles. The lowest BCUT2D eigenvalue weighted by molar-refractivity contribution is 0.0953. The lowest BCUT2D eigenvalue weighted by Crippen LogP contribution is -2.28. The molecule has 0 unspecified atom stereocenters. The predicted octanol–water partition coefficient (Wildman–Crippen LogP) is 4.20. The molecule has 8 heteroatoms. The van der Waals surface area contributed by atoms with Crippen molar-refractivity contribution < 1.29 is 4.79 Å². The van der Waals surface area contributed by atoms with Gasteiger partial charge in [0.1, 0.15) is 0 Å². The van der Waals surface area contributed by atoms with E-state index < -0.39 is 0 Å². The van der Waals surface area contributed by atoms with Gasteiger partial charge in [0.05, 0.1) is 33.4 Å². The van der Waals surface area contributed by atoms with Gasteiger partial charge in [-0.05, 0) is 69.5 Å². The van der Waals surface area contributed by atoms with Crippen molar-refractivity contribution in [1.82, 2.24) is 29.9 Å². The average molecular weight is 459 g/mol. The fourth-order valence-electron chi connectivity index (χ4n) is 3.72. The quantitative estimate of drug-likeness (QED) is 0.599. The molecule has 0 spiro atoms. The summed E-state index contributed by atoms with van der Waals surface area (Å²) in [6.07, 6.45) is 2.28. The molecule has 29 heavy (non-hydrogen) atoms. The Balaban J connectivity index is 1.61. The van der Waals surface area contributed by atoms with Crippen LogP contribution in [0.2, 0.25) is 0 Å². The molecule has 1 N–H and O–H groups in total. The number of nitrogens with zero attached hydrogens (tertiary/aromatic N) is 5. The van der Waals surface area contributed by atoms with Crippen molar-refractivity contribution in [3.8, 4) is 0 Å². The average Bonchev–Trinajstić information content (AvgIpc) is 3.44. The SMILES string of the molecule is Cc1nn(CCNC(=O)c2cc(C3CC3)nc3c2c(C)nn3C(C)C)c(C)c1Br. The Morgan fingerprint density at radius 1 is 1.24 bits per heavy atom. The molecule has 1 aliphatic rings. The smallest absolute Gasteiger partial charge is 0.252 e. The van der Waals surface area contributed by atoms with Gasteiger partial charge < -0.3 is 5.32 Å². The van der Waals surface area contributed by atoms with Crippen molar-refractivity contribution in [2.45, 2.75) is 66.0 Å². The molecule has 0 aromatic carbocycles. The molecule has 3 heterocycles. The van der Waals surface area contributed by atoms with E-state index in [1.165, 1.54) is 0 Å². The molecule has 7 nitrogen and oxygen atoms in total. The molecular weight excluding hydrogens is 432 g/mol. The first kappa shape index (κ1) is 20.1. The number of aryl methyl sites for hydroxylation is 2. The number of halogens is 1. The van der Waals surface area contributed by atoms with E-state index in [1.807, 2.05) is 36.2 Å². The predicted molar refractivity (Wildman–Crippen MR) is 116 cm³/mol. The zero-order valence-corrected chi connectivity index (χ0v) is 19.2. The van der Waals surface area contributed by atoms with Crippen LogP contribution in [0.1, 0.15) is 71.8 Å². The van der Waals surface area contributed by atoms with E-state index in [1.54, 1.807) is 0 Å². The van der Waals surface area contributed by atoms with E-state index in [0.717, 1.165) is 51.1 Å². The molecule has 3 aromatic heterocycles. The molecule has 1 saturated carbocycles. The van der Waals surface area contributed by atoms with Crippen LogP contribution in [0.4, 0.5) is 0 Å². The van der Waals surface area contributed by atoms with Crippen LogP contribution in [-0.2, 0) is 6.54 Å². The van der Waals surface area contributed by atoms with Gasteiger partial charge in [0.15, 0.2) is 5.65 Å². The maximum atomic E-state index is 13.1. The normalized spacial score (nSPS) is 14.2. The van der Waals surface area contributed by atoms with Crippen LogP contribution in [0.25, 0.3) is 11.0 Å². The topological polar surface area (TPSA) is 77.6 Å². The molecule has 0 bridgehead atoms. The summed E-state index contributed by atoms with van der Waals surface area (Å²) in [5, 5.41) is 13.1. The van der Waals surface area contributed by atoms with Crippen molar-refractivity contribution in [2.75, 3.05) is 6.54 Å². The highest BCUT2D eigenvalue weighted by molar-refractivity contribution is 9.10. The second kappa shape index (κ2) is 7.55. The van der Waals surface area contributed by atoms with Crippen molar-refractivity contribution in [3.63, 3.8) is 0 Å². The van der Waals surface area contributed by atoms with Crippen molar-refractivity contribution >= 4 is 32.9 Å². The summed E-state index contributed by atoms with van der Waals surface area (Å²) in [5.41, 5.74) is 5.36. The third-order valence-corrected chi connectivity index (χ3v) is 6.64. The van der Waals surface area contributed by atoms with Crippen molar-refractivity contribution in [3.05, 3.63) is 38.9 Å². The monoisotopic (exact) mass is 458 g/mol. The Kier molecular flexibility index (Phi) is 5.23. The van der Waals surface area contributed by atoms with Gasteiger partial charge in [-0.15, -0.1) is 0 Å². The molecule has 0 atom stereocenters. The first-order valence-corrected chi connectivity index (χ1v) is 10.9. The molecule has 0 saturated heterocycles. The molecule has 1 fully saturated rings. The van der Waals surface area contributed by atoms with Crippen LogP contribution < -0.4 is 5.32 Å². The first-order valence-electron chi connectivity index (χ1n) is 10.1. The van der Waals surface area contributed by atoms with Crippen LogP contribution in [0.3, 0.4) is 0 Å². The molecule has 3 aromatic rings. The third-order valence-electron chi connectivity index (χ3n) is 5.49. The van der Waals surface area contributed by atoms with E-state index in [2.05, 4.69) is 45.3 Å². The van der Waals surface area contributed by atoms with Crippen molar-refractivity contribution in [2.24, 2.45) is 0 Å². The summed E-state index contributed by atoms with van der Waals surface area (Å²) >= 11 is 3.55. The molecule has 1 amide bonds. The fraction of sp³-hybridized carbons (Fsp3) is 0.524. The number of hydrogen-bond donors (Lipinski definition) is 1. The van der Waals surface area contributed by atoms with Gasteiger partial charge in [-0.2, -0.15) is 10.2 Å². The molecule has 0 aliphatic heterocycles. The lowest BCUT2D eigenvalue weighted by atomic mass is 10.1. The number of aromatic nitrogens is 5. The van der Waals surface area contributed by atoms with Crippen LogP contribution in [-0.4, -0.2) is 37.0 Å². The summed E-state index contributed by atoms with van der Waals surface area (Å²) in [5.74, 6) is 0.389. The van der Waals surface area contributed by atoms with Gasteiger partial charge in [-0.25, -0.2) is 9.67 Å². The van der Waals surface area contributed by atoms with E-state index in [9.17, 15) is 4.79 Å². The minimum atomic E-state index is -0.0775. The van der Waals surface area contributed by atoms with Crippen LogP contribution in [0, 0.1) is 20.8 Å². The Hall–Kier alpha value is -2.22. The zero-order valence-electron chi connectivity index (χ0n) is 17.6. The van der Waals surface area contributed by atoms with Gasteiger partial charge in [-0.3, -0.25) is 9.48 Å². The Morgan fingerprint density at radius 3 is 2.55 bits per heavy atom. The Bertz CT molecular complexity index is 1090. The summed E-state index contributed by atoms with van der Waals surface area (Å²) in [6, 6.07) is 2.16. The number of pyridine rings is 1. The highest BCUT2D eigenvalue weighted by atomic mass is 79.9. The number of nitrogens with one attached hydrogen (secondary N) is 1. The summed E-state index contributed by atoms with van der Waals surface area (Å²) in [7, 11) is 0. The summed E-state index contributed by atoms with van der Waals surface area (Å²) in [6.45, 7) is 11.2. The summed E-state index contributed by atoms with van der Waals surface area (Å²) < 4.78 is 4.87. The van der Waals surface area contributed by atoms with Crippen LogP contribution in [0.5, 0.6) is 0 Å². The second-order valence-electron chi connectivity index (χ2n) is 8.16. The van der Waals surface area contributed by atoms with Crippen molar-refractivity contribution in [1.29, 1.82) is 0 Å². The minimum Gasteiger partial charge on any atom is -0.350 e. The first-order chi connectivity index (χ1) is 13.8. The molecule has 4 rings (SSSR count). The van der Waals surface area contributed by atoms with E-state index in [4.69, 9.17) is 4.98 Å². The van der Waals surface area contributed by atoms with Gasteiger partial charge in [0.25, 0.3) is 5.91 Å². The number of amides is 1. The summed E-state index contributed by atoms with van der Waals surface area (Å²) in [4.78, 5) is 18.0. The van der Waals surface area contributed by atoms with E-state index in [-0.39, 0.29) is 11.9 Å². The highest BCUT2D eigenvalue weighted by Crippen LogP contribution is 2.40. The second-order valence-corrected chi connectivity index (χ2v) is 8.95. The standard InChI is InChI=1S/C21H27BrN6O/c1-11(2)28-20-18(12(3)26-28)16(10-17(24-20)15-6-7-15)21(29)23-8-9-27-14(5)19(22)13(4)25-27/h10-11,15H,6-9H2,1-5H3,(H,23,29). The highest BCUT2D eigenvalue weighted by Gasteiger charge is 2.29. The van der Waals surface area contributed by atoms with Crippen LogP contribution in [0.15, 0.2) is 10.5 Å². The maximum absolute atomic E-state index is 13.1. The van der Waals surface area contributed by atoms with Gasteiger partial charge in [0.2, 0.25) is 0 Å². The largest absolute Gasteiger partial charge is 0.350 e. The van der Waals surface area contributed by atoms with E-state index in [0.29, 0.717) is 24.6 Å². The number of hydrogen-bond acceptors (Lipinski definition) is 4. The van der Waals surface area contributed by atoms with E-state index >= 15 is 0 Å². The number of carbonyl (C=O) groups excluding carboxylic acids is 1. The van der Waals surface area contributed by atoms with Crippen LogP contribution >= 0.6 is 15.9 Å². The molecule has 0 radical (unpaired) electrons. The van der Waals surface area contributed by atoms with Gasteiger partial charge >= 0.3 is 0 Å². The lowest BCUT2D eigenvalue weighted by Gasteiger charge is -2.11. The number of rotatable bonds is 6. The van der Waals surface area contributed by atoms with Gasteiger partial charge in [-0.1, -0.05) is 0 Å². The maximum Gasteiger partial charge on any atom is 0.252 e. The Labute approximate surface area is 179 Å². The Morgan fingerprint density at radius 2 is 1.97 bits per heavy atom. The molecule has 154 valence electrons. The minimum absolute atomic E-state index is 0.0775.